The number of nitrogens with one attached hydrogen (secondary N) is 1. The molecular weight excluding hydrogens is 370 g/mol. The molecule has 2 aromatic heterocycles. The van der Waals surface area contributed by atoms with Crippen LogP contribution >= 0.6 is 11.3 Å². The van der Waals surface area contributed by atoms with Gasteiger partial charge in [0.05, 0.1) is 5.69 Å². The van der Waals surface area contributed by atoms with E-state index < -0.39 is 0 Å². The fourth-order valence-electron chi connectivity index (χ4n) is 2.92. The maximum absolute atomic E-state index is 12.6. The summed E-state index contributed by atoms with van der Waals surface area (Å²) in [4.78, 5) is 28.5. The summed E-state index contributed by atoms with van der Waals surface area (Å²) in [5.74, 6) is 0.421. The molecule has 7 heteroatoms. The number of carbonyl (C=O) groups excluding carboxylic acids is 1. The van der Waals surface area contributed by atoms with Crippen molar-refractivity contribution in [2.45, 2.75) is 33.9 Å². The van der Waals surface area contributed by atoms with E-state index in [1.54, 1.807) is 18.5 Å². The second-order valence-electron chi connectivity index (χ2n) is 6.47. The van der Waals surface area contributed by atoms with Gasteiger partial charge in [0.2, 0.25) is 0 Å². The number of hydrogen-bond acceptors (Lipinski definition) is 6. The molecule has 146 valence electrons. The van der Waals surface area contributed by atoms with Crippen molar-refractivity contribution >= 4 is 17.2 Å². The highest BCUT2D eigenvalue weighted by atomic mass is 32.1. The lowest BCUT2D eigenvalue weighted by Crippen LogP contribution is -2.23. The summed E-state index contributed by atoms with van der Waals surface area (Å²) in [5, 5.41) is 3.66. The highest BCUT2D eigenvalue weighted by Gasteiger charge is 2.17. The molecule has 0 unspecified atom stereocenters. The lowest BCUT2D eigenvalue weighted by molar-refractivity contribution is 0.0954. The van der Waals surface area contributed by atoms with Gasteiger partial charge in [-0.3, -0.25) is 9.69 Å². The summed E-state index contributed by atoms with van der Waals surface area (Å²) in [6, 6.07) is 10.1. The maximum atomic E-state index is 12.6. The molecule has 0 aliphatic carbocycles. The van der Waals surface area contributed by atoms with Crippen LogP contribution in [0.4, 0.5) is 0 Å². The average molecular weight is 396 g/mol. The van der Waals surface area contributed by atoms with Crippen molar-refractivity contribution in [2.24, 2.45) is 0 Å². The molecule has 1 amide bonds. The molecule has 3 rings (SSSR count). The fourth-order valence-corrected chi connectivity index (χ4v) is 3.85. The number of carbonyl (C=O) groups is 1. The van der Waals surface area contributed by atoms with Crippen molar-refractivity contribution in [1.29, 1.82) is 0 Å². The number of aromatic nitrogens is 3. The molecule has 28 heavy (non-hydrogen) atoms. The van der Waals surface area contributed by atoms with Gasteiger partial charge in [0.25, 0.3) is 5.91 Å². The number of rotatable bonds is 8. The Morgan fingerprint density at radius 2 is 1.82 bits per heavy atom. The van der Waals surface area contributed by atoms with Gasteiger partial charge in [0, 0.05) is 25.5 Å². The molecule has 0 saturated carbocycles. The summed E-state index contributed by atoms with van der Waals surface area (Å²) in [6.07, 6.45) is 3.34. The molecule has 0 saturated heterocycles. The zero-order valence-corrected chi connectivity index (χ0v) is 17.3. The summed E-state index contributed by atoms with van der Waals surface area (Å²) in [5.41, 5.74) is 3.04. The standard InChI is InChI=1S/C21H25N5OS/c1-4-26(5-2)14-17-9-6-8-16(12-17)13-24-20(27)18-15(3)25-21(28-18)19-22-10-7-11-23-19/h6-12H,4-5,13-14H2,1-3H3,(H,24,27). The van der Waals surface area contributed by atoms with E-state index >= 15 is 0 Å². The Morgan fingerprint density at radius 3 is 2.54 bits per heavy atom. The molecule has 0 radical (unpaired) electrons. The Labute approximate surface area is 169 Å². The topological polar surface area (TPSA) is 71.0 Å². The van der Waals surface area contributed by atoms with Gasteiger partial charge < -0.3 is 5.32 Å². The zero-order valence-electron chi connectivity index (χ0n) is 16.5. The van der Waals surface area contributed by atoms with Crippen LogP contribution in [0.3, 0.4) is 0 Å². The minimum absolute atomic E-state index is 0.119. The molecule has 0 aliphatic rings. The third-order valence-corrected chi connectivity index (χ3v) is 5.66. The summed E-state index contributed by atoms with van der Waals surface area (Å²) < 4.78 is 0. The van der Waals surface area contributed by atoms with E-state index in [0.29, 0.717) is 27.9 Å². The SMILES string of the molecule is CCN(CC)Cc1cccc(CNC(=O)c2sc(-c3ncccn3)nc2C)c1. The van der Waals surface area contributed by atoms with E-state index in [9.17, 15) is 4.79 Å². The van der Waals surface area contributed by atoms with Crippen molar-refractivity contribution in [3.05, 3.63) is 64.4 Å². The van der Waals surface area contributed by atoms with Gasteiger partial charge in [-0.05, 0) is 37.2 Å². The van der Waals surface area contributed by atoms with E-state index in [-0.39, 0.29) is 5.91 Å². The fraction of sp³-hybridized carbons (Fsp3) is 0.333. The van der Waals surface area contributed by atoms with Gasteiger partial charge in [0.15, 0.2) is 10.8 Å². The molecule has 1 N–H and O–H groups in total. The molecular formula is C21H25N5OS. The number of amides is 1. The van der Waals surface area contributed by atoms with Gasteiger partial charge in [-0.1, -0.05) is 38.1 Å². The molecule has 0 fully saturated rings. The van der Waals surface area contributed by atoms with E-state index in [1.807, 2.05) is 19.1 Å². The van der Waals surface area contributed by atoms with E-state index in [4.69, 9.17) is 0 Å². The van der Waals surface area contributed by atoms with Crippen LogP contribution in [0.2, 0.25) is 0 Å². The molecule has 3 aromatic rings. The minimum atomic E-state index is -0.119. The number of hydrogen-bond donors (Lipinski definition) is 1. The summed E-state index contributed by atoms with van der Waals surface area (Å²) in [7, 11) is 0. The Bertz CT molecular complexity index is 922. The third-order valence-electron chi connectivity index (χ3n) is 4.50. The molecule has 0 atom stereocenters. The highest BCUT2D eigenvalue weighted by molar-refractivity contribution is 7.17. The minimum Gasteiger partial charge on any atom is -0.347 e. The van der Waals surface area contributed by atoms with E-state index in [2.05, 4.69) is 51.1 Å². The second-order valence-corrected chi connectivity index (χ2v) is 7.47. The molecule has 2 heterocycles. The predicted molar refractivity (Wildman–Crippen MR) is 112 cm³/mol. The van der Waals surface area contributed by atoms with Crippen LogP contribution in [0, 0.1) is 6.92 Å². The van der Waals surface area contributed by atoms with Crippen LogP contribution in [0.15, 0.2) is 42.7 Å². The summed E-state index contributed by atoms with van der Waals surface area (Å²) >= 11 is 1.32. The maximum Gasteiger partial charge on any atom is 0.263 e. The first-order valence-corrected chi connectivity index (χ1v) is 10.3. The van der Waals surface area contributed by atoms with Crippen LogP contribution in [-0.2, 0) is 13.1 Å². The van der Waals surface area contributed by atoms with E-state index in [0.717, 1.165) is 25.2 Å². The number of benzene rings is 1. The largest absolute Gasteiger partial charge is 0.347 e. The normalized spacial score (nSPS) is 11.0. The van der Waals surface area contributed by atoms with Gasteiger partial charge in [-0.25, -0.2) is 15.0 Å². The van der Waals surface area contributed by atoms with Crippen molar-refractivity contribution in [1.82, 2.24) is 25.2 Å². The molecule has 1 aromatic carbocycles. The van der Waals surface area contributed by atoms with Gasteiger partial charge >= 0.3 is 0 Å². The lowest BCUT2D eigenvalue weighted by Gasteiger charge is -2.18. The monoisotopic (exact) mass is 395 g/mol. The van der Waals surface area contributed by atoms with Crippen LogP contribution in [-0.4, -0.2) is 38.8 Å². The lowest BCUT2D eigenvalue weighted by atomic mass is 10.1. The van der Waals surface area contributed by atoms with Crippen LogP contribution < -0.4 is 5.32 Å². The second kappa shape index (κ2) is 9.52. The Morgan fingerprint density at radius 1 is 1.11 bits per heavy atom. The quantitative estimate of drug-likeness (QED) is 0.630. The van der Waals surface area contributed by atoms with Crippen molar-refractivity contribution < 1.29 is 4.79 Å². The number of nitrogens with zero attached hydrogens (tertiary/aromatic N) is 4. The zero-order chi connectivity index (χ0) is 19.9. The van der Waals surface area contributed by atoms with Crippen molar-refractivity contribution in [2.75, 3.05) is 13.1 Å². The van der Waals surface area contributed by atoms with Gasteiger partial charge in [-0.2, -0.15) is 0 Å². The van der Waals surface area contributed by atoms with Crippen LogP contribution in [0.1, 0.15) is 40.3 Å². The molecule has 6 nitrogen and oxygen atoms in total. The van der Waals surface area contributed by atoms with Gasteiger partial charge in [0.1, 0.15) is 4.88 Å². The predicted octanol–water partition coefficient (Wildman–Crippen LogP) is 3.68. The van der Waals surface area contributed by atoms with Crippen LogP contribution in [0.25, 0.3) is 10.8 Å². The Balaban J connectivity index is 1.65. The highest BCUT2D eigenvalue weighted by Crippen LogP contribution is 2.25. The van der Waals surface area contributed by atoms with Crippen molar-refractivity contribution in [3.63, 3.8) is 0 Å². The molecule has 0 aliphatic heterocycles. The number of aryl methyl sites for hydroxylation is 1. The van der Waals surface area contributed by atoms with Gasteiger partial charge in [-0.15, -0.1) is 11.3 Å². The Hall–Kier alpha value is -2.64. The summed E-state index contributed by atoms with van der Waals surface area (Å²) in [6.45, 7) is 9.62. The first-order chi connectivity index (χ1) is 13.6. The Kier molecular flexibility index (Phi) is 6.84. The smallest absolute Gasteiger partial charge is 0.263 e. The molecule has 0 spiro atoms. The first kappa shape index (κ1) is 20.1. The van der Waals surface area contributed by atoms with E-state index in [1.165, 1.54) is 16.9 Å². The first-order valence-electron chi connectivity index (χ1n) is 9.43. The molecule has 0 bridgehead atoms. The van der Waals surface area contributed by atoms with Crippen molar-refractivity contribution in [3.8, 4) is 10.8 Å². The third kappa shape index (κ3) is 4.99. The number of thiazole rings is 1. The van der Waals surface area contributed by atoms with Crippen LogP contribution in [0.5, 0.6) is 0 Å². The average Bonchev–Trinajstić information content (AvgIpc) is 3.13.